The molecule has 3 aromatic heterocycles. The van der Waals surface area contributed by atoms with Gasteiger partial charge in [0, 0.05) is 38.1 Å². The van der Waals surface area contributed by atoms with Crippen molar-refractivity contribution < 1.29 is 14.0 Å². The first kappa shape index (κ1) is 19.2. The van der Waals surface area contributed by atoms with Gasteiger partial charge in [-0.25, -0.2) is 4.98 Å². The molecule has 0 spiro atoms. The maximum Gasteiger partial charge on any atom is 0.274 e. The molecule has 0 atom stereocenters. The van der Waals surface area contributed by atoms with Crippen LogP contribution in [0.1, 0.15) is 33.9 Å². The minimum Gasteiger partial charge on any atom is -0.467 e. The lowest BCUT2D eigenvalue weighted by atomic mass is 10.2. The molecular formula is C20H21N5O3. The lowest BCUT2D eigenvalue weighted by molar-refractivity contribution is -0.121. The van der Waals surface area contributed by atoms with Crippen LogP contribution in [0.2, 0.25) is 0 Å². The predicted octanol–water partition coefficient (Wildman–Crippen LogP) is 2.12. The van der Waals surface area contributed by atoms with Gasteiger partial charge in [0.1, 0.15) is 11.5 Å². The Labute approximate surface area is 162 Å². The van der Waals surface area contributed by atoms with Gasteiger partial charge < -0.3 is 14.6 Å². The van der Waals surface area contributed by atoms with Crippen LogP contribution in [0, 0.1) is 6.92 Å². The summed E-state index contributed by atoms with van der Waals surface area (Å²) in [5.41, 5.74) is 1.87. The van der Waals surface area contributed by atoms with Crippen molar-refractivity contribution in [1.82, 2.24) is 25.2 Å². The van der Waals surface area contributed by atoms with Crippen LogP contribution < -0.4 is 5.32 Å². The Bertz CT molecular complexity index is 895. The summed E-state index contributed by atoms with van der Waals surface area (Å²) in [6.45, 7) is 2.67. The molecule has 8 heteroatoms. The third-order valence-corrected chi connectivity index (χ3v) is 4.04. The first-order valence-corrected chi connectivity index (χ1v) is 8.88. The van der Waals surface area contributed by atoms with E-state index in [0.717, 1.165) is 11.3 Å². The third-order valence-electron chi connectivity index (χ3n) is 4.04. The second-order valence-corrected chi connectivity index (χ2v) is 6.24. The van der Waals surface area contributed by atoms with Gasteiger partial charge >= 0.3 is 0 Å². The van der Waals surface area contributed by atoms with E-state index in [4.69, 9.17) is 4.42 Å². The summed E-state index contributed by atoms with van der Waals surface area (Å²) in [7, 11) is 0. The third kappa shape index (κ3) is 5.47. The van der Waals surface area contributed by atoms with Crippen molar-refractivity contribution in [3.05, 3.63) is 78.0 Å². The van der Waals surface area contributed by atoms with E-state index in [1.54, 1.807) is 43.9 Å². The molecule has 3 rings (SSSR count). The average Bonchev–Trinajstić information content (AvgIpc) is 3.23. The maximum absolute atomic E-state index is 12.8. The Hall–Kier alpha value is -3.55. The van der Waals surface area contributed by atoms with Crippen molar-refractivity contribution in [3.63, 3.8) is 0 Å². The second-order valence-electron chi connectivity index (χ2n) is 6.24. The van der Waals surface area contributed by atoms with Crippen LogP contribution in [0.4, 0.5) is 0 Å². The van der Waals surface area contributed by atoms with Crippen molar-refractivity contribution in [1.29, 1.82) is 0 Å². The van der Waals surface area contributed by atoms with Crippen LogP contribution >= 0.6 is 0 Å². The van der Waals surface area contributed by atoms with E-state index in [0.29, 0.717) is 12.3 Å². The van der Waals surface area contributed by atoms with E-state index in [9.17, 15) is 9.59 Å². The number of hydrogen-bond donors (Lipinski definition) is 1. The molecule has 0 unspecified atom stereocenters. The molecule has 3 aromatic rings. The zero-order valence-corrected chi connectivity index (χ0v) is 15.5. The number of carbonyl (C=O) groups is 2. The van der Waals surface area contributed by atoms with Crippen molar-refractivity contribution in [2.45, 2.75) is 26.4 Å². The fourth-order valence-electron chi connectivity index (χ4n) is 2.54. The topological polar surface area (TPSA) is 101 Å². The average molecular weight is 379 g/mol. The highest BCUT2D eigenvalue weighted by molar-refractivity contribution is 5.92. The molecule has 0 radical (unpaired) electrons. The summed E-state index contributed by atoms with van der Waals surface area (Å²) in [5, 5.41) is 2.83. The number of rotatable bonds is 8. The molecule has 3 heterocycles. The molecule has 1 N–H and O–H groups in total. The number of carbonyl (C=O) groups excluding carboxylic acids is 2. The first-order valence-electron chi connectivity index (χ1n) is 8.88. The molecule has 0 aliphatic carbocycles. The number of aryl methyl sites for hydroxylation is 1. The molecule has 0 aliphatic rings. The minimum absolute atomic E-state index is 0.156. The number of furan rings is 1. The molecule has 0 aliphatic heterocycles. The highest BCUT2D eigenvalue weighted by Gasteiger charge is 2.20. The molecule has 2 amide bonds. The van der Waals surface area contributed by atoms with Crippen LogP contribution in [0.3, 0.4) is 0 Å². The van der Waals surface area contributed by atoms with E-state index >= 15 is 0 Å². The molecule has 0 aromatic carbocycles. The van der Waals surface area contributed by atoms with Gasteiger partial charge in [0.25, 0.3) is 5.91 Å². The number of nitrogens with zero attached hydrogens (tertiary/aromatic N) is 4. The highest BCUT2D eigenvalue weighted by Crippen LogP contribution is 2.10. The van der Waals surface area contributed by atoms with Crippen LogP contribution in [-0.4, -0.2) is 38.2 Å². The zero-order valence-electron chi connectivity index (χ0n) is 15.5. The van der Waals surface area contributed by atoms with Gasteiger partial charge in [-0.15, -0.1) is 0 Å². The number of pyridine rings is 1. The molecule has 0 fully saturated rings. The van der Waals surface area contributed by atoms with Gasteiger partial charge in [-0.1, -0.05) is 6.07 Å². The Kier molecular flexibility index (Phi) is 6.46. The van der Waals surface area contributed by atoms with Crippen LogP contribution in [0.25, 0.3) is 0 Å². The Morgan fingerprint density at radius 1 is 1.14 bits per heavy atom. The molecule has 0 saturated carbocycles. The van der Waals surface area contributed by atoms with Gasteiger partial charge in [-0.05, 0) is 30.7 Å². The SMILES string of the molecule is Cc1cnc(C(=O)N(CCC(=O)NCc2cccnc2)Cc2ccco2)cn1. The van der Waals surface area contributed by atoms with Crippen molar-refractivity contribution >= 4 is 11.8 Å². The van der Waals surface area contributed by atoms with Gasteiger partial charge in [0.05, 0.1) is 24.7 Å². The number of nitrogens with one attached hydrogen (secondary N) is 1. The Morgan fingerprint density at radius 3 is 2.71 bits per heavy atom. The Morgan fingerprint density at radius 2 is 2.04 bits per heavy atom. The smallest absolute Gasteiger partial charge is 0.274 e. The molecule has 0 bridgehead atoms. The van der Waals surface area contributed by atoms with Crippen LogP contribution in [0.15, 0.2) is 59.7 Å². The monoisotopic (exact) mass is 379 g/mol. The van der Waals surface area contributed by atoms with E-state index in [-0.39, 0.29) is 37.0 Å². The first-order chi connectivity index (χ1) is 13.6. The predicted molar refractivity (Wildman–Crippen MR) is 101 cm³/mol. The normalized spacial score (nSPS) is 10.5. The molecule has 28 heavy (non-hydrogen) atoms. The van der Waals surface area contributed by atoms with Gasteiger partial charge in [-0.2, -0.15) is 0 Å². The molecule has 0 saturated heterocycles. The Balaban J connectivity index is 1.61. The summed E-state index contributed by atoms with van der Waals surface area (Å²) in [6.07, 6.45) is 8.06. The van der Waals surface area contributed by atoms with Gasteiger partial charge in [-0.3, -0.25) is 19.6 Å². The van der Waals surface area contributed by atoms with Crippen molar-refractivity contribution in [2.75, 3.05) is 6.54 Å². The van der Waals surface area contributed by atoms with E-state index in [1.165, 1.54) is 11.1 Å². The summed E-state index contributed by atoms with van der Waals surface area (Å²) in [6, 6.07) is 7.23. The fourth-order valence-corrected chi connectivity index (χ4v) is 2.54. The summed E-state index contributed by atoms with van der Waals surface area (Å²) in [4.78, 5) is 38.8. The number of hydrogen-bond acceptors (Lipinski definition) is 6. The van der Waals surface area contributed by atoms with E-state index < -0.39 is 0 Å². The van der Waals surface area contributed by atoms with Crippen molar-refractivity contribution in [3.8, 4) is 0 Å². The second kappa shape index (κ2) is 9.40. The lowest BCUT2D eigenvalue weighted by Gasteiger charge is -2.21. The molecule has 8 nitrogen and oxygen atoms in total. The highest BCUT2D eigenvalue weighted by atomic mass is 16.3. The number of amides is 2. The van der Waals surface area contributed by atoms with E-state index in [1.807, 2.05) is 12.1 Å². The minimum atomic E-state index is -0.302. The maximum atomic E-state index is 12.8. The summed E-state index contributed by atoms with van der Waals surface area (Å²) < 4.78 is 5.34. The van der Waals surface area contributed by atoms with Crippen LogP contribution in [-0.2, 0) is 17.9 Å². The standard InChI is InChI=1S/C20H21N5O3/c1-15-10-23-18(13-22-15)20(27)25(14-17-5-3-9-28-17)8-6-19(26)24-12-16-4-2-7-21-11-16/h2-5,7,9-11,13H,6,8,12,14H2,1H3,(H,24,26). The van der Waals surface area contributed by atoms with E-state index in [2.05, 4.69) is 20.3 Å². The lowest BCUT2D eigenvalue weighted by Crippen LogP contribution is -2.35. The molecule has 144 valence electrons. The summed E-state index contributed by atoms with van der Waals surface area (Å²) in [5.74, 6) is 0.171. The van der Waals surface area contributed by atoms with Crippen molar-refractivity contribution in [2.24, 2.45) is 0 Å². The van der Waals surface area contributed by atoms with Crippen LogP contribution in [0.5, 0.6) is 0 Å². The van der Waals surface area contributed by atoms with Gasteiger partial charge in [0.15, 0.2) is 0 Å². The zero-order chi connectivity index (χ0) is 19.8. The molecular weight excluding hydrogens is 358 g/mol. The largest absolute Gasteiger partial charge is 0.467 e. The summed E-state index contributed by atoms with van der Waals surface area (Å²) >= 11 is 0. The number of aromatic nitrogens is 3. The fraction of sp³-hybridized carbons (Fsp3) is 0.250. The quantitative estimate of drug-likeness (QED) is 0.643. The van der Waals surface area contributed by atoms with Gasteiger partial charge in [0.2, 0.25) is 5.91 Å².